The topological polar surface area (TPSA) is 85.9 Å². The van der Waals surface area contributed by atoms with Crippen molar-refractivity contribution in [2.75, 3.05) is 5.32 Å². The van der Waals surface area contributed by atoms with Crippen molar-refractivity contribution in [3.8, 4) is 0 Å². The molecule has 1 aromatic heterocycles. The van der Waals surface area contributed by atoms with Crippen LogP contribution in [0.4, 0.5) is 15.8 Å². The van der Waals surface area contributed by atoms with Gasteiger partial charge in [0.05, 0.1) is 23.4 Å². The molecular formula is C10H10FN5O2. The average molecular weight is 251 g/mol. The number of aryl methyl sites for hydroxylation is 1. The Kier molecular flexibility index (Phi) is 3.18. The van der Waals surface area contributed by atoms with Crippen LogP contribution in [0.15, 0.2) is 24.4 Å². The Labute approximate surface area is 101 Å². The molecule has 0 aliphatic rings. The van der Waals surface area contributed by atoms with Gasteiger partial charge in [0.25, 0.3) is 5.69 Å². The summed E-state index contributed by atoms with van der Waals surface area (Å²) < 4.78 is 15.0. The average Bonchev–Trinajstić information content (AvgIpc) is 2.73. The lowest BCUT2D eigenvalue weighted by atomic mass is 10.2. The van der Waals surface area contributed by atoms with Crippen LogP contribution in [0.5, 0.6) is 0 Å². The van der Waals surface area contributed by atoms with E-state index in [-0.39, 0.29) is 17.9 Å². The molecule has 94 valence electrons. The molecule has 0 radical (unpaired) electrons. The van der Waals surface area contributed by atoms with E-state index in [0.717, 1.165) is 6.07 Å². The maximum atomic E-state index is 13.5. The van der Waals surface area contributed by atoms with Crippen LogP contribution in [0, 0.1) is 15.9 Å². The number of para-hydroxylation sites is 1. The summed E-state index contributed by atoms with van der Waals surface area (Å²) in [5.74, 6) is -0.667. The van der Waals surface area contributed by atoms with Crippen molar-refractivity contribution >= 4 is 11.4 Å². The highest BCUT2D eigenvalue weighted by atomic mass is 19.1. The van der Waals surface area contributed by atoms with Crippen molar-refractivity contribution in [2.45, 2.75) is 6.54 Å². The lowest BCUT2D eigenvalue weighted by molar-refractivity contribution is -0.384. The van der Waals surface area contributed by atoms with Crippen LogP contribution in [-0.2, 0) is 13.6 Å². The van der Waals surface area contributed by atoms with Gasteiger partial charge in [0, 0.05) is 13.1 Å². The summed E-state index contributed by atoms with van der Waals surface area (Å²) in [7, 11) is 1.68. The molecule has 2 rings (SSSR count). The molecule has 0 aliphatic carbocycles. The number of nitrogens with zero attached hydrogens (tertiary/aromatic N) is 4. The molecule has 1 heterocycles. The monoisotopic (exact) mass is 251 g/mol. The predicted octanol–water partition coefficient (Wildman–Crippen LogP) is 1.47. The standard InChI is InChI=1S/C10H10FN5O2/c1-15-7(6-13-14-15)5-12-10-8(11)3-2-4-9(10)16(17)18/h2-4,6,12H,5H2,1H3. The predicted molar refractivity (Wildman–Crippen MR) is 61.4 cm³/mol. The van der Waals surface area contributed by atoms with E-state index in [4.69, 9.17) is 0 Å². The highest BCUT2D eigenvalue weighted by Crippen LogP contribution is 2.27. The van der Waals surface area contributed by atoms with E-state index in [1.807, 2.05) is 0 Å². The first-order valence-corrected chi connectivity index (χ1v) is 5.10. The van der Waals surface area contributed by atoms with Crippen molar-refractivity contribution in [1.29, 1.82) is 0 Å². The molecule has 8 heteroatoms. The lowest BCUT2D eigenvalue weighted by Gasteiger charge is -2.07. The van der Waals surface area contributed by atoms with Gasteiger partial charge in [-0.3, -0.25) is 14.8 Å². The number of nitrogens with one attached hydrogen (secondary N) is 1. The Morgan fingerprint density at radius 3 is 2.94 bits per heavy atom. The molecule has 0 spiro atoms. The smallest absolute Gasteiger partial charge is 0.295 e. The normalized spacial score (nSPS) is 10.3. The molecule has 18 heavy (non-hydrogen) atoms. The minimum absolute atomic E-state index is 0.135. The fourth-order valence-corrected chi connectivity index (χ4v) is 1.49. The number of aromatic nitrogens is 3. The zero-order valence-electron chi connectivity index (χ0n) is 9.50. The quantitative estimate of drug-likeness (QED) is 0.657. The molecule has 2 aromatic rings. The molecule has 0 saturated heterocycles. The Morgan fingerprint density at radius 2 is 2.33 bits per heavy atom. The van der Waals surface area contributed by atoms with Gasteiger partial charge in [0.1, 0.15) is 5.69 Å². The van der Waals surface area contributed by atoms with E-state index >= 15 is 0 Å². The van der Waals surface area contributed by atoms with Gasteiger partial charge in [-0.15, -0.1) is 5.10 Å². The van der Waals surface area contributed by atoms with Crippen LogP contribution in [-0.4, -0.2) is 19.9 Å². The van der Waals surface area contributed by atoms with Crippen LogP contribution >= 0.6 is 0 Å². The Hall–Kier alpha value is -2.51. The summed E-state index contributed by atoms with van der Waals surface area (Å²) >= 11 is 0. The van der Waals surface area contributed by atoms with Gasteiger partial charge in [-0.1, -0.05) is 11.3 Å². The zero-order valence-corrected chi connectivity index (χ0v) is 9.50. The zero-order chi connectivity index (χ0) is 13.1. The summed E-state index contributed by atoms with van der Waals surface area (Å²) in [6.07, 6.45) is 1.50. The third-order valence-corrected chi connectivity index (χ3v) is 2.44. The fourth-order valence-electron chi connectivity index (χ4n) is 1.49. The maximum absolute atomic E-state index is 13.5. The third-order valence-electron chi connectivity index (χ3n) is 2.44. The highest BCUT2D eigenvalue weighted by molar-refractivity contribution is 5.62. The van der Waals surface area contributed by atoms with Crippen LogP contribution in [0.2, 0.25) is 0 Å². The number of hydrogen-bond donors (Lipinski definition) is 1. The molecule has 0 aliphatic heterocycles. The molecule has 0 unspecified atom stereocenters. The Balaban J connectivity index is 2.24. The second-order valence-electron chi connectivity index (χ2n) is 3.59. The SMILES string of the molecule is Cn1nncc1CNc1c(F)cccc1[N+](=O)[O-]. The summed E-state index contributed by atoms with van der Waals surface area (Å²) in [5.41, 5.74) is 0.251. The maximum Gasteiger partial charge on any atom is 0.295 e. The van der Waals surface area contributed by atoms with Crippen LogP contribution in [0.1, 0.15) is 5.69 Å². The largest absolute Gasteiger partial charge is 0.371 e. The van der Waals surface area contributed by atoms with Crippen LogP contribution in [0.3, 0.4) is 0 Å². The van der Waals surface area contributed by atoms with Gasteiger partial charge in [-0.25, -0.2) is 4.39 Å². The summed E-state index contributed by atoms with van der Waals surface area (Å²) in [5, 5.41) is 20.8. The second-order valence-corrected chi connectivity index (χ2v) is 3.59. The van der Waals surface area contributed by atoms with Crippen molar-refractivity contribution in [3.05, 3.63) is 46.0 Å². The van der Waals surface area contributed by atoms with Gasteiger partial charge in [0.15, 0.2) is 5.82 Å². The molecule has 0 amide bonds. The van der Waals surface area contributed by atoms with Crippen molar-refractivity contribution in [1.82, 2.24) is 15.0 Å². The molecule has 0 bridgehead atoms. The lowest BCUT2D eigenvalue weighted by Crippen LogP contribution is -2.08. The summed E-state index contributed by atoms with van der Waals surface area (Å²) in [6.45, 7) is 0.200. The molecule has 7 nitrogen and oxygen atoms in total. The number of halogens is 1. The number of hydrogen-bond acceptors (Lipinski definition) is 5. The number of nitro benzene ring substituents is 1. The van der Waals surface area contributed by atoms with E-state index in [1.165, 1.54) is 23.0 Å². The molecule has 0 fully saturated rings. The minimum atomic E-state index is -0.667. The second kappa shape index (κ2) is 4.78. The molecule has 0 atom stereocenters. The molecule has 1 N–H and O–H groups in total. The highest BCUT2D eigenvalue weighted by Gasteiger charge is 2.17. The van der Waals surface area contributed by atoms with Crippen molar-refractivity contribution in [2.24, 2.45) is 7.05 Å². The Morgan fingerprint density at radius 1 is 1.56 bits per heavy atom. The van der Waals surface area contributed by atoms with Gasteiger partial charge in [-0.2, -0.15) is 0 Å². The summed E-state index contributed by atoms with van der Waals surface area (Å²) in [6, 6.07) is 3.70. The van der Waals surface area contributed by atoms with E-state index in [1.54, 1.807) is 7.05 Å². The van der Waals surface area contributed by atoms with E-state index < -0.39 is 10.7 Å². The number of benzene rings is 1. The van der Waals surface area contributed by atoms with E-state index in [0.29, 0.717) is 5.69 Å². The first-order valence-electron chi connectivity index (χ1n) is 5.10. The minimum Gasteiger partial charge on any atom is -0.371 e. The molecular weight excluding hydrogens is 241 g/mol. The van der Waals surface area contributed by atoms with Gasteiger partial charge >= 0.3 is 0 Å². The summed E-state index contributed by atoms with van der Waals surface area (Å²) in [4.78, 5) is 10.1. The molecule has 0 saturated carbocycles. The van der Waals surface area contributed by atoms with Gasteiger partial charge in [-0.05, 0) is 6.07 Å². The van der Waals surface area contributed by atoms with Crippen molar-refractivity contribution in [3.63, 3.8) is 0 Å². The Bertz CT molecular complexity index is 583. The van der Waals surface area contributed by atoms with Crippen LogP contribution in [0.25, 0.3) is 0 Å². The van der Waals surface area contributed by atoms with Crippen molar-refractivity contribution < 1.29 is 9.31 Å². The number of anilines is 1. The third kappa shape index (κ3) is 2.26. The van der Waals surface area contributed by atoms with Gasteiger partial charge in [0.2, 0.25) is 0 Å². The molecule has 1 aromatic carbocycles. The first kappa shape index (κ1) is 12.0. The van der Waals surface area contributed by atoms with Gasteiger partial charge < -0.3 is 5.32 Å². The van der Waals surface area contributed by atoms with E-state index in [2.05, 4.69) is 15.6 Å². The first-order chi connectivity index (χ1) is 8.59. The van der Waals surface area contributed by atoms with Crippen LogP contribution < -0.4 is 5.32 Å². The fraction of sp³-hybridized carbons (Fsp3) is 0.200. The van der Waals surface area contributed by atoms with E-state index in [9.17, 15) is 14.5 Å². The number of rotatable bonds is 4. The number of nitro groups is 1.